The van der Waals surface area contributed by atoms with Gasteiger partial charge >= 0.3 is 0 Å². The van der Waals surface area contributed by atoms with E-state index in [-0.39, 0.29) is 5.82 Å². The summed E-state index contributed by atoms with van der Waals surface area (Å²) in [6, 6.07) is 13.5. The van der Waals surface area contributed by atoms with E-state index >= 15 is 0 Å². The van der Waals surface area contributed by atoms with Gasteiger partial charge < -0.3 is 10.1 Å². The fourth-order valence-electron chi connectivity index (χ4n) is 3.00. The second-order valence-electron chi connectivity index (χ2n) is 5.49. The number of hydrogen-bond donors (Lipinski definition) is 1. The van der Waals surface area contributed by atoms with E-state index in [0.29, 0.717) is 6.04 Å². The van der Waals surface area contributed by atoms with E-state index in [1.54, 1.807) is 19.2 Å². The number of fused-ring (bicyclic) bond motifs is 1. The Balaban J connectivity index is 1.60. The summed E-state index contributed by atoms with van der Waals surface area (Å²) in [4.78, 5) is 0. The van der Waals surface area contributed by atoms with Crippen molar-refractivity contribution in [3.05, 3.63) is 65.0 Å². The lowest BCUT2D eigenvalue weighted by atomic mass is 10.1. The Labute approximate surface area is 125 Å². The van der Waals surface area contributed by atoms with E-state index in [1.165, 1.54) is 17.2 Å². The fourth-order valence-corrected chi connectivity index (χ4v) is 3.00. The average molecular weight is 285 g/mol. The molecule has 21 heavy (non-hydrogen) atoms. The van der Waals surface area contributed by atoms with Crippen LogP contribution in [0, 0.1) is 5.82 Å². The lowest BCUT2D eigenvalue weighted by molar-refractivity contribution is 0.413. The second kappa shape index (κ2) is 6.27. The third-order valence-corrected chi connectivity index (χ3v) is 4.12. The van der Waals surface area contributed by atoms with Crippen LogP contribution in [0.15, 0.2) is 42.5 Å². The normalized spacial score (nSPS) is 16.8. The van der Waals surface area contributed by atoms with E-state index in [2.05, 4.69) is 17.4 Å². The highest BCUT2D eigenvalue weighted by atomic mass is 19.1. The van der Waals surface area contributed by atoms with Gasteiger partial charge in [0.05, 0.1) is 7.11 Å². The molecule has 0 bridgehead atoms. The van der Waals surface area contributed by atoms with Crippen LogP contribution in [0.3, 0.4) is 0 Å². The Morgan fingerprint density at radius 3 is 2.95 bits per heavy atom. The predicted octanol–water partition coefficient (Wildman–Crippen LogP) is 3.65. The summed E-state index contributed by atoms with van der Waals surface area (Å²) in [6.45, 7) is 0.852. The summed E-state index contributed by atoms with van der Waals surface area (Å²) < 4.78 is 18.4. The Morgan fingerprint density at radius 1 is 1.24 bits per heavy atom. The average Bonchev–Trinajstić information content (AvgIpc) is 2.90. The van der Waals surface area contributed by atoms with Gasteiger partial charge in [-0.2, -0.15) is 0 Å². The first-order valence-electron chi connectivity index (χ1n) is 7.41. The van der Waals surface area contributed by atoms with Crippen molar-refractivity contribution in [2.24, 2.45) is 0 Å². The second-order valence-corrected chi connectivity index (χ2v) is 5.49. The molecule has 2 aromatic rings. The molecule has 0 radical (unpaired) electrons. The molecule has 0 fully saturated rings. The van der Waals surface area contributed by atoms with Crippen LogP contribution in [0.2, 0.25) is 0 Å². The van der Waals surface area contributed by atoms with Crippen molar-refractivity contribution in [3.63, 3.8) is 0 Å². The van der Waals surface area contributed by atoms with E-state index in [0.717, 1.165) is 37.1 Å². The largest absolute Gasteiger partial charge is 0.497 e. The Bertz CT molecular complexity index is 626. The highest BCUT2D eigenvalue weighted by molar-refractivity contribution is 5.40. The molecule has 1 atom stereocenters. The standard InChI is InChI=1S/C18H20FNO/c1-21-16-7-5-14-6-8-18(17(14)12-16)20-10-9-13-3-2-4-15(19)11-13/h2-5,7,11-12,18,20H,6,8-10H2,1H3. The zero-order valence-corrected chi connectivity index (χ0v) is 12.2. The van der Waals surface area contributed by atoms with Crippen LogP contribution in [0.1, 0.15) is 29.2 Å². The maximum atomic E-state index is 13.1. The number of benzene rings is 2. The molecule has 0 amide bonds. The van der Waals surface area contributed by atoms with Crippen molar-refractivity contribution < 1.29 is 9.13 Å². The van der Waals surface area contributed by atoms with E-state index in [9.17, 15) is 4.39 Å². The minimum absolute atomic E-state index is 0.163. The molecular formula is C18H20FNO. The van der Waals surface area contributed by atoms with Gasteiger partial charge in [0.1, 0.15) is 11.6 Å². The molecule has 1 N–H and O–H groups in total. The molecule has 0 aliphatic heterocycles. The third-order valence-electron chi connectivity index (χ3n) is 4.12. The monoisotopic (exact) mass is 285 g/mol. The molecule has 0 heterocycles. The van der Waals surface area contributed by atoms with Crippen molar-refractivity contribution >= 4 is 0 Å². The maximum Gasteiger partial charge on any atom is 0.123 e. The molecule has 2 aromatic carbocycles. The van der Waals surface area contributed by atoms with Gasteiger partial charge in [-0.15, -0.1) is 0 Å². The van der Waals surface area contributed by atoms with E-state index in [4.69, 9.17) is 4.74 Å². The number of nitrogens with one attached hydrogen (secondary N) is 1. The van der Waals surface area contributed by atoms with Gasteiger partial charge in [0.25, 0.3) is 0 Å². The van der Waals surface area contributed by atoms with Crippen LogP contribution in [-0.4, -0.2) is 13.7 Å². The van der Waals surface area contributed by atoms with Gasteiger partial charge in [0.15, 0.2) is 0 Å². The molecule has 3 rings (SSSR count). The van der Waals surface area contributed by atoms with Gasteiger partial charge in [-0.1, -0.05) is 18.2 Å². The molecule has 2 nitrogen and oxygen atoms in total. The number of halogens is 1. The lowest BCUT2D eigenvalue weighted by Gasteiger charge is -2.15. The first-order chi connectivity index (χ1) is 10.3. The van der Waals surface area contributed by atoms with Crippen molar-refractivity contribution in [1.29, 1.82) is 0 Å². The fraction of sp³-hybridized carbons (Fsp3) is 0.333. The molecule has 0 saturated carbocycles. The zero-order chi connectivity index (χ0) is 14.7. The summed E-state index contributed by atoms with van der Waals surface area (Å²) in [5, 5.41) is 3.58. The van der Waals surface area contributed by atoms with Gasteiger partial charge in [-0.25, -0.2) is 4.39 Å². The lowest BCUT2D eigenvalue weighted by Crippen LogP contribution is -2.22. The molecule has 0 spiro atoms. The third kappa shape index (κ3) is 3.24. The van der Waals surface area contributed by atoms with Crippen molar-refractivity contribution in [2.45, 2.75) is 25.3 Å². The van der Waals surface area contributed by atoms with Crippen molar-refractivity contribution in [2.75, 3.05) is 13.7 Å². The quantitative estimate of drug-likeness (QED) is 0.905. The van der Waals surface area contributed by atoms with Crippen LogP contribution in [-0.2, 0) is 12.8 Å². The topological polar surface area (TPSA) is 21.3 Å². The van der Waals surface area contributed by atoms with Gasteiger partial charge in [-0.05, 0) is 66.8 Å². The molecule has 0 saturated heterocycles. The van der Waals surface area contributed by atoms with Gasteiger partial charge in [0.2, 0.25) is 0 Å². The summed E-state index contributed by atoms with van der Waals surface area (Å²) >= 11 is 0. The summed E-state index contributed by atoms with van der Waals surface area (Å²) in [7, 11) is 1.70. The number of rotatable bonds is 5. The van der Waals surface area contributed by atoms with Crippen LogP contribution in [0.4, 0.5) is 4.39 Å². The first kappa shape index (κ1) is 14.1. The van der Waals surface area contributed by atoms with E-state index < -0.39 is 0 Å². The van der Waals surface area contributed by atoms with Crippen LogP contribution in [0.25, 0.3) is 0 Å². The minimum Gasteiger partial charge on any atom is -0.497 e. The molecule has 1 aliphatic carbocycles. The SMILES string of the molecule is COc1ccc2c(c1)C(NCCc1cccc(F)c1)CC2. The number of ether oxygens (including phenoxy) is 1. The highest BCUT2D eigenvalue weighted by Crippen LogP contribution is 2.33. The molecule has 1 unspecified atom stereocenters. The van der Waals surface area contributed by atoms with Crippen LogP contribution >= 0.6 is 0 Å². The number of hydrogen-bond acceptors (Lipinski definition) is 2. The molecule has 1 aliphatic rings. The summed E-state index contributed by atoms with van der Waals surface area (Å²) in [5.41, 5.74) is 3.78. The van der Waals surface area contributed by atoms with Crippen molar-refractivity contribution in [1.82, 2.24) is 5.32 Å². The van der Waals surface area contributed by atoms with Gasteiger partial charge in [0, 0.05) is 6.04 Å². The summed E-state index contributed by atoms with van der Waals surface area (Å²) in [6.07, 6.45) is 3.07. The molecule has 3 heteroatoms. The zero-order valence-electron chi connectivity index (χ0n) is 12.2. The van der Waals surface area contributed by atoms with Crippen molar-refractivity contribution in [3.8, 4) is 5.75 Å². The molecular weight excluding hydrogens is 265 g/mol. The highest BCUT2D eigenvalue weighted by Gasteiger charge is 2.22. The first-order valence-corrected chi connectivity index (χ1v) is 7.41. The summed E-state index contributed by atoms with van der Waals surface area (Å²) in [5.74, 6) is 0.746. The maximum absolute atomic E-state index is 13.1. The minimum atomic E-state index is -0.163. The van der Waals surface area contributed by atoms with Gasteiger partial charge in [-0.3, -0.25) is 0 Å². The van der Waals surface area contributed by atoms with Crippen LogP contribution in [0.5, 0.6) is 5.75 Å². The number of aryl methyl sites for hydroxylation is 1. The Kier molecular flexibility index (Phi) is 4.20. The van der Waals surface area contributed by atoms with E-state index in [1.807, 2.05) is 12.1 Å². The molecule has 0 aromatic heterocycles. The predicted molar refractivity (Wildman–Crippen MR) is 82.2 cm³/mol. The van der Waals surface area contributed by atoms with Crippen LogP contribution < -0.4 is 10.1 Å². The molecule has 110 valence electrons. The Hall–Kier alpha value is -1.87. The smallest absolute Gasteiger partial charge is 0.123 e. The Morgan fingerprint density at radius 2 is 2.14 bits per heavy atom. The number of methoxy groups -OCH3 is 1.